The second kappa shape index (κ2) is 9.92. The van der Waals surface area contributed by atoms with Crippen LogP contribution >= 0.6 is 0 Å². The van der Waals surface area contributed by atoms with Crippen molar-refractivity contribution in [2.75, 3.05) is 13.2 Å². The van der Waals surface area contributed by atoms with Gasteiger partial charge in [0.25, 0.3) is 5.91 Å². The van der Waals surface area contributed by atoms with Crippen LogP contribution < -0.4 is 10.1 Å². The monoisotopic (exact) mass is 370 g/mol. The SMILES string of the molecule is CC(Oc1ccc(C#N)cc1)C(=O)OCC(=O)NCCc1ccc(F)cc1. The van der Waals surface area contributed by atoms with E-state index in [4.69, 9.17) is 14.7 Å². The van der Waals surface area contributed by atoms with E-state index in [9.17, 15) is 14.0 Å². The number of esters is 1. The molecule has 2 rings (SSSR count). The van der Waals surface area contributed by atoms with E-state index < -0.39 is 24.6 Å². The van der Waals surface area contributed by atoms with Crippen LogP contribution in [0.15, 0.2) is 48.5 Å². The van der Waals surface area contributed by atoms with Crippen LogP contribution in [0.4, 0.5) is 4.39 Å². The number of ether oxygens (including phenoxy) is 2. The predicted octanol–water partition coefficient (Wildman–Crippen LogP) is 2.37. The van der Waals surface area contributed by atoms with Crippen LogP contribution in [0.3, 0.4) is 0 Å². The second-order valence-corrected chi connectivity index (χ2v) is 5.73. The van der Waals surface area contributed by atoms with Gasteiger partial charge in [-0.2, -0.15) is 5.26 Å². The third-order valence-electron chi connectivity index (χ3n) is 3.62. The third kappa shape index (κ3) is 6.78. The standard InChI is InChI=1S/C20H19FN2O4/c1-14(27-18-8-4-16(12-22)5-9-18)20(25)26-13-19(24)23-11-10-15-2-6-17(21)7-3-15/h2-9,14H,10-11,13H2,1H3,(H,23,24). The van der Waals surface area contributed by atoms with Gasteiger partial charge in [-0.3, -0.25) is 4.79 Å². The maximum absolute atomic E-state index is 12.8. The Labute approximate surface area is 156 Å². The van der Waals surface area contributed by atoms with E-state index in [1.165, 1.54) is 19.1 Å². The Hall–Kier alpha value is -3.40. The van der Waals surface area contributed by atoms with Crippen LogP contribution in [0.5, 0.6) is 5.75 Å². The molecule has 0 aromatic heterocycles. The molecule has 0 fully saturated rings. The van der Waals surface area contributed by atoms with Gasteiger partial charge in [-0.05, 0) is 55.3 Å². The second-order valence-electron chi connectivity index (χ2n) is 5.73. The first-order valence-corrected chi connectivity index (χ1v) is 8.32. The van der Waals surface area contributed by atoms with Gasteiger partial charge in [0, 0.05) is 6.54 Å². The van der Waals surface area contributed by atoms with Gasteiger partial charge in [-0.15, -0.1) is 0 Å². The Morgan fingerprint density at radius 1 is 1.15 bits per heavy atom. The van der Waals surface area contributed by atoms with Crippen molar-refractivity contribution in [1.82, 2.24) is 5.32 Å². The molecule has 140 valence electrons. The van der Waals surface area contributed by atoms with Crippen molar-refractivity contribution in [3.05, 3.63) is 65.5 Å². The number of carbonyl (C=O) groups excluding carboxylic acids is 2. The molecule has 0 spiro atoms. The van der Waals surface area contributed by atoms with E-state index >= 15 is 0 Å². The molecular formula is C20H19FN2O4. The van der Waals surface area contributed by atoms with Gasteiger partial charge < -0.3 is 14.8 Å². The summed E-state index contributed by atoms with van der Waals surface area (Å²) in [5.74, 6) is -1.00. The number of hydrogen-bond donors (Lipinski definition) is 1. The third-order valence-corrected chi connectivity index (χ3v) is 3.62. The van der Waals surface area contributed by atoms with Crippen LogP contribution in [0.1, 0.15) is 18.1 Å². The highest BCUT2D eigenvalue weighted by molar-refractivity contribution is 5.81. The molecule has 1 unspecified atom stereocenters. The minimum absolute atomic E-state index is 0.313. The topological polar surface area (TPSA) is 88.4 Å². The number of nitrogens with one attached hydrogen (secondary N) is 1. The number of carbonyl (C=O) groups is 2. The summed E-state index contributed by atoms with van der Waals surface area (Å²) in [6.45, 7) is 1.44. The van der Waals surface area contributed by atoms with Crippen LogP contribution in [-0.4, -0.2) is 31.1 Å². The first-order chi connectivity index (χ1) is 13.0. The van der Waals surface area contributed by atoms with E-state index in [2.05, 4.69) is 5.32 Å². The molecule has 7 heteroatoms. The van der Waals surface area contributed by atoms with E-state index in [-0.39, 0.29) is 5.82 Å². The molecule has 1 N–H and O–H groups in total. The highest BCUT2D eigenvalue weighted by Crippen LogP contribution is 2.13. The Bertz CT molecular complexity index is 813. The van der Waals surface area contributed by atoms with Crippen LogP contribution in [0, 0.1) is 17.1 Å². The average molecular weight is 370 g/mol. The summed E-state index contributed by atoms with van der Waals surface area (Å²) in [6, 6.07) is 14.3. The zero-order chi connectivity index (χ0) is 19.6. The summed E-state index contributed by atoms with van der Waals surface area (Å²) in [4.78, 5) is 23.6. The number of hydrogen-bond acceptors (Lipinski definition) is 5. The summed E-state index contributed by atoms with van der Waals surface area (Å²) in [5.41, 5.74) is 1.37. The van der Waals surface area contributed by atoms with E-state index in [0.29, 0.717) is 24.3 Å². The molecule has 2 aromatic rings. The lowest BCUT2D eigenvalue weighted by molar-refractivity contribution is -0.154. The van der Waals surface area contributed by atoms with Crippen molar-refractivity contribution in [2.24, 2.45) is 0 Å². The van der Waals surface area contributed by atoms with E-state index in [1.807, 2.05) is 6.07 Å². The lowest BCUT2D eigenvalue weighted by atomic mass is 10.1. The zero-order valence-electron chi connectivity index (χ0n) is 14.8. The van der Waals surface area contributed by atoms with Gasteiger partial charge in [-0.25, -0.2) is 9.18 Å². The Balaban J connectivity index is 1.68. The molecule has 0 saturated carbocycles. The van der Waals surface area contributed by atoms with E-state index in [0.717, 1.165) is 5.56 Å². The quantitative estimate of drug-likeness (QED) is 0.721. The molecule has 0 radical (unpaired) electrons. The lowest BCUT2D eigenvalue weighted by Gasteiger charge is -2.14. The maximum Gasteiger partial charge on any atom is 0.347 e. The summed E-state index contributed by atoms with van der Waals surface area (Å²) >= 11 is 0. The number of halogens is 1. The Kier molecular flexibility index (Phi) is 7.32. The van der Waals surface area contributed by atoms with Gasteiger partial charge in [0.1, 0.15) is 11.6 Å². The van der Waals surface area contributed by atoms with Crippen molar-refractivity contribution in [3.63, 3.8) is 0 Å². The largest absolute Gasteiger partial charge is 0.479 e. The summed E-state index contributed by atoms with van der Waals surface area (Å²) in [6.07, 6.45) is -0.358. The van der Waals surface area contributed by atoms with Crippen molar-refractivity contribution >= 4 is 11.9 Å². The molecule has 6 nitrogen and oxygen atoms in total. The molecule has 1 amide bonds. The van der Waals surface area contributed by atoms with Gasteiger partial charge in [0.2, 0.25) is 0 Å². The average Bonchev–Trinajstić information content (AvgIpc) is 2.68. The van der Waals surface area contributed by atoms with Gasteiger partial charge in [-0.1, -0.05) is 12.1 Å². The Morgan fingerprint density at radius 2 is 1.81 bits per heavy atom. The van der Waals surface area contributed by atoms with Crippen LogP contribution in [0.25, 0.3) is 0 Å². The minimum atomic E-state index is -0.898. The summed E-state index contributed by atoms with van der Waals surface area (Å²) < 4.78 is 23.1. The van der Waals surface area contributed by atoms with Crippen LogP contribution in [0.2, 0.25) is 0 Å². The normalized spacial score (nSPS) is 11.1. The highest BCUT2D eigenvalue weighted by Gasteiger charge is 2.17. The Morgan fingerprint density at radius 3 is 2.44 bits per heavy atom. The first kappa shape index (κ1) is 19.9. The van der Waals surface area contributed by atoms with Gasteiger partial charge >= 0.3 is 5.97 Å². The maximum atomic E-state index is 12.8. The smallest absolute Gasteiger partial charge is 0.347 e. The molecule has 0 bridgehead atoms. The molecule has 0 aliphatic rings. The number of nitrogens with zero attached hydrogens (tertiary/aromatic N) is 1. The van der Waals surface area contributed by atoms with Crippen molar-refractivity contribution in [3.8, 4) is 11.8 Å². The molecule has 0 heterocycles. The van der Waals surface area contributed by atoms with Crippen molar-refractivity contribution in [2.45, 2.75) is 19.4 Å². The lowest BCUT2D eigenvalue weighted by Crippen LogP contribution is -2.33. The fraction of sp³-hybridized carbons (Fsp3) is 0.250. The fourth-order valence-electron chi connectivity index (χ4n) is 2.16. The molecule has 0 aliphatic carbocycles. The molecule has 0 aliphatic heterocycles. The number of benzene rings is 2. The number of nitriles is 1. The summed E-state index contributed by atoms with van der Waals surface area (Å²) in [5, 5.41) is 11.4. The zero-order valence-corrected chi connectivity index (χ0v) is 14.8. The fourth-order valence-corrected chi connectivity index (χ4v) is 2.16. The molecule has 1 atom stereocenters. The van der Waals surface area contributed by atoms with Crippen molar-refractivity contribution < 1.29 is 23.5 Å². The summed E-state index contributed by atoms with van der Waals surface area (Å²) in [7, 11) is 0. The number of amides is 1. The molecule has 2 aromatic carbocycles. The number of rotatable bonds is 8. The first-order valence-electron chi connectivity index (χ1n) is 8.32. The van der Waals surface area contributed by atoms with Gasteiger partial charge in [0.15, 0.2) is 12.7 Å². The molecular weight excluding hydrogens is 351 g/mol. The predicted molar refractivity (Wildman–Crippen MR) is 95.3 cm³/mol. The highest BCUT2D eigenvalue weighted by atomic mass is 19.1. The van der Waals surface area contributed by atoms with Crippen LogP contribution in [-0.2, 0) is 20.7 Å². The minimum Gasteiger partial charge on any atom is -0.479 e. The molecule has 0 saturated heterocycles. The van der Waals surface area contributed by atoms with E-state index in [1.54, 1.807) is 36.4 Å². The molecule has 27 heavy (non-hydrogen) atoms. The van der Waals surface area contributed by atoms with Crippen molar-refractivity contribution in [1.29, 1.82) is 5.26 Å². The van der Waals surface area contributed by atoms with Gasteiger partial charge in [0.05, 0.1) is 11.6 Å².